The minimum Gasteiger partial charge on any atom is -0.496 e. The molecule has 2 rings (SSSR count). The Bertz CT molecular complexity index is 397. The van der Waals surface area contributed by atoms with Crippen LogP contribution in [0.5, 0.6) is 5.75 Å². The van der Waals surface area contributed by atoms with Crippen molar-refractivity contribution in [3.8, 4) is 5.75 Å². The fraction of sp³-hybridized carbons (Fsp3) is 0.538. The molecule has 1 aromatic carbocycles. The van der Waals surface area contributed by atoms with Gasteiger partial charge >= 0.3 is 0 Å². The highest BCUT2D eigenvalue weighted by atomic mass is 19.1. The molecule has 1 unspecified atom stereocenters. The Morgan fingerprint density at radius 1 is 1.38 bits per heavy atom. The fourth-order valence-corrected chi connectivity index (χ4v) is 2.49. The predicted molar refractivity (Wildman–Crippen MR) is 62.4 cm³/mol. The highest BCUT2D eigenvalue weighted by Gasteiger charge is 2.22. The van der Waals surface area contributed by atoms with Crippen LogP contribution in [0.1, 0.15) is 35.6 Å². The number of methoxy groups -OCH3 is 1. The zero-order chi connectivity index (χ0) is 11.7. The lowest BCUT2D eigenvalue weighted by atomic mass is 9.96. The maximum absolute atomic E-state index is 13.8. The summed E-state index contributed by atoms with van der Waals surface area (Å²) in [7, 11) is 1.60. The average Bonchev–Trinajstić information content (AvgIpc) is 2.77. The van der Waals surface area contributed by atoms with Crippen LogP contribution in [0.4, 0.5) is 4.39 Å². The van der Waals surface area contributed by atoms with E-state index in [4.69, 9.17) is 4.74 Å². The molecule has 1 aliphatic heterocycles. The van der Waals surface area contributed by atoms with Crippen molar-refractivity contribution in [2.45, 2.75) is 32.7 Å². The van der Waals surface area contributed by atoms with Gasteiger partial charge in [0.15, 0.2) is 0 Å². The number of hydrogen-bond acceptors (Lipinski definition) is 2. The summed E-state index contributed by atoms with van der Waals surface area (Å²) >= 11 is 0. The van der Waals surface area contributed by atoms with Gasteiger partial charge in [0.1, 0.15) is 11.6 Å². The molecule has 1 atom stereocenters. The van der Waals surface area contributed by atoms with Gasteiger partial charge in [-0.2, -0.15) is 0 Å². The Balaban J connectivity index is 2.49. The summed E-state index contributed by atoms with van der Waals surface area (Å²) in [6.45, 7) is 4.77. The van der Waals surface area contributed by atoms with Crippen LogP contribution in [-0.2, 0) is 0 Å². The smallest absolute Gasteiger partial charge is 0.130 e. The first kappa shape index (κ1) is 11.4. The van der Waals surface area contributed by atoms with Gasteiger partial charge in [0, 0.05) is 11.6 Å². The minimum absolute atomic E-state index is 0.175. The molecule has 0 radical (unpaired) electrons. The molecule has 1 saturated heterocycles. The lowest BCUT2D eigenvalue weighted by Gasteiger charge is -2.18. The second kappa shape index (κ2) is 4.42. The van der Waals surface area contributed by atoms with Crippen molar-refractivity contribution < 1.29 is 9.13 Å². The van der Waals surface area contributed by atoms with Gasteiger partial charge in [-0.25, -0.2) is 4.39 Å². The Labute approximate surface area is 95.8 Å². The van der Waals surface area contributed by atoms with Crippen LogP contribution in [0.15, 0.2) is 6.07 Å². The van der Waals surface area contributed by atoms with Crippen LogP contribution in [-0.4, -0.2) is 13.7 Å². The van der Waals surface area contributed by atoms with Gasteiger partial charge in [-0.15, -0.1) is 0 Å². The third-order valence-corrected chi connectivity index (χ3v) is 3.39. The number of halogens is 1. The van der Waals surface area contributed by atoms with Gasteiger partial charge in [0.05, 0.1) is 7.11 Å². The SMILES string of the molecule is COc1c(C)c(F)cc(C2CCCN2)c1C. The first-order valence-corrected chi connectivity index (χ1v) is 5.72. The van der Waals surface area contributed by atoms with E-state index in [9.17, 15) is 4.39 Å². The molecule has 0 spiro atoms. The zero-order valence-electron chi connectivity index (χ0n) is 10.1. The van der Waals surface area contributed by atoms with Crippen molar-refractivity contribution >= 4 is 0 Å². The van der Waals surface area contributed by atoms with E-state index in [2.05, 4.69) is 5.32 Å². The third kappa shape index (κ3) is 1.80. The topological polar surface area (TPSA) is 21.3 Å². The highest BCUT2D eigenvalue weighted by molar-refractivity contribution is 5.47. The van der Waals surface area contributed by atoms with Crippen molar-refractivity contribution in [2.24, 2.45) is 0 Å². The molecule has 1 N–H and O–H groups in total. The molecule has 1 aromatic rings. The predicted octanol–water partition coefficient (Wildman–Crippen LogP) is 2.88. The molecule has 88 valence electrons. The summed E-state index contributed by atoms with van der Waals surface area (Å²) < 4.78 is 19.0. The Kier molecular flexibility index (Phi) is 3.15. The van der Waals surface area contributed by atoms with Gasteiger partial charge < -0.3 is 10.1 Å². The zero-order valence-corrected chi connectivity index (χ0v) is 10.1. The molecular weight excluding hydrogens is 205 g/mol. The number of ether oxygens (including phenoxy) is 1. The molecule has 1 heterocycles. The van der Waals surface area contributed by atoms with Crippen molar-refractivity contribution in [2.75, 3.05) is 13.7 Å². The van der Waals surface area contributed by atoms with Gasteiger partial charge in [-0.3, -0.25) is 0 Å². The lowest BCUT2D eigenvalue weighted by Crippen LogP contribution is -2.15. The van der Waals surface area contributed by atoms with Gasteiger partial charge in [0.2, 0.25) is 0 Å². The summed E-state index contributed by atoms with van der Waals surface area (Å²) in [5.74, 6) is 0.509. The molecule has 16 heavy (non-hydrogen) atoms. The molecule has 1 fully saturated rings. The molecular formula is C13H18FNO. The molecule has 0 aromatic heterocycles. The van der Waals surface area contributed by atoms with Crippen LogP contribution in [0, 0.1) is 19.7 Å². The fourth-order valence-electron chi connectivity index (χ4n) is 2.49. The number of nitrogens with one attached hydrogen (secondary N) is 1. The van der Waals surface area contributed by atoms with Crippen LogP contribution >= 0.6 is 0 Å². The second-order valence-corrected chi connectivity index (χ2v) is 4.38. The molecule has 0 bridgehead atoms. The summed E-state index contributed by atoms with van der Waals surface area (Å²) in [5, 5.41) is 3.39. The maximum Gasteiger partial charge on any atom is 0.130 e. The number of hydrogen-bond donors (Lipinski definition) is 1. The van der Waals surface area contributed by atoms with Gasteiger partial charge in [0.25, 0.3) is 0 Å². The average molecular weight is 223 g/mol. The standard InChI is InChI=1S/C13H18FNO/c1-8-10(12-5-4-6-15-12)7-11(14)9(2)13(8)16-3/h7,12,15H,4-6H2,1-3H3. The summed E-state index contributed by atoms with van der Waals surface area (Å²) in [5.41, 5.74) is 2.69. The third-order valence-electron chi connectivity index (χ3n) is 3.39. The minimum atomic E-state index is -0.175. The van der Waals surface area contributed by atoms with Gasteiger partial charge in [-0.05, 0) is 50.4 Å². The first-order chi connectivity index (χ1) is 7.65. The largest absolute Gasteiger partial charge is 0.496 e. The first-order valence-electron chi connectivity index (χ1n) is 5.72. The van der Waals surface area contributed by atoms with E-state index in [-0.39, 0.29) is 11.9 Å². The Hall–Kier alpha value is -1.09. The van der Waals surface area contributed by atoms with Crippen LogP contribution in [0.3, 0.4) is 0 Å². The van der Waals surface area contributed by atoms with E-state index in [1.807, 2.05) is 6.92 Å². The van der Waals surface area contributed by atoms with E-state index in [1.54, 1.807) is 20.1 Å². The number of benzene rings is 1. The lowest BCUT2D eigenvalue weighted by molar-refractivity contribution is 0.402. The molecule has 0 aliphatic carbocycles. The highest BCUT2D eigenvalue weighted by Crippen LogP contribution is 2.34. The maximum atomic E-state index is 13.8. The molecule has 3 heteroatoms. The second-order valence-electron chi connectivity index (χ2n) is 4.38. The van der Waals surface area contributed by atoms with E-state index in [0.717, 1.165) is 30.5 Å². The summed E-state index contributed by atoms with van der Waals surface area (Å²) in [4.78, 5) is 0. The molecule has 0 saturated carbocycles. The summed E-state index contributed by atoms with van der Waals surface area (Å²) in [6.07, 6.45) is 2.23. The van der Waals surface area contributed by atoms with Crippen molar-refractivity contribution in [3.05, 3.63) is 28.6 Å². The molecule has 0 amide bonds. The quantitative estimate of drug-likeness (QED) is 0.832. The number of rotatable bonds is 2. The van der Waals surface area contributed by atoms with Gasteiger partial charge in [-0.1, -0.05) is 0 Å². The van der Waals surface area contributed by atoms with Crippen LogP contribution in [0.25, 0.3) is 0 Å². The van der Waals surface area contributed by atoms with Crippen LogP contribution < -0.4 is 10.1 Å². The Morgan fingerprint density at radius 3 is 2.69 bits per heavy atom. The van der Waals surface area contributed by atoms with Crippen molar-refractivity contribution in [3.63, 3.8) is 0 Å². The van der Waals surface area contributed by atoms with E-state index < -0.39 is 0 Å². The monoisotopic (exact) mass is 223 g/mol. The Morgan fingerprint density at radius 2 is 2.12 bits per heavy atom. The van der Waals surface area contributed by atoms with Crippen LogP contribution in [0.2, 0.25) is 0 Å². The summed E-state index contributed by atoms with van der Waals surface area (Å²) in [6, 6.07) is 1.93. The molecule has 1 aliphatic rings. The van der Waals surface area contributed by atoms with E-state index in [0.29, 0.717) is 11.3 Å². The normalized spacial score (nSPS) is 20.1. The molecule has 2 nitrogen and oxygen atoms in total. The van der Waals surface area contributed by atoms with E-state index >= 15 is 0 Å². The van der Waals surface area contributed by atoms with Crippen molar-refractivity contribution in [1.82, 2.24) is 5.32 Å². The van der Waals surface area contributed by atoms with E-state index in [1.165, 1.54) is 0 Å². The van der Waals surface area contributed by atoms with Crippen molar-refractivity contribution in [1.29, 1.82) is 0 Å².